The minimum atomic E-state index is -2.81. The molecule has 0 heterocycles. The van der Waals surface area contributed by atoms with Gasteiger partial charge >= 0.3 is 0 Å². The molecule has 0 radical (unpaired) electrons. The van der Waals surface area contributed by atoms with Gasteiger partial charge in [-0.2, -0.15) is 0 Å². The molecule has 1 saturated carbocycles. The van der Waals surface area contributed by atoms with E-state index in [0.29, 0.717) is 0 Å². The fourth-order valence-corrected chi connectivity index (χ4v) is 0.971. The van der Waals surface area contributed by atoms with Crippen LogP contribution in [-0.4, -0.2) is 12.1 Å². The van der Waals surface area contributed by atoms with Gasteiger partial charge in [0.1, 0.15) is 0 Å². The molecule has 9 heavy (non-hydrogen) atoms. The molecule has 1 rings (SSSR count). The van der Waals surface area contributed by atoms with Crippen LogP contribution in [0.3, 0.4) is 0 Å². The fraction of sp³-hybridized carbons (Fsp3) is 1.00. The van der Waals surface area contributed by atoms with E-state index in [1.54, 1.807) is 0 Å². The lowest BCUT2D eigenvalue weighted by Crippen LogP contribution is -2.19. The van der Waals surface area contributed by atoms with Crippen molar-refractivity contribution in [3.05, 3.63) is 0 Å². The van der Waals surface area contributed by atoms with E-state index in [-0.39, 0.29) is 6.42 Å². The Morgan fingerprint density at radius 2 is 1.67 bits per heavy atom. The highest BCUT2D eigenvalue weighted by atomic mass is 19.3. The summed E-state index contributed by atoms with van der Waals surface area (Å²) in [5, 5.41) is 0. The van der Waals surface area contributed by atoms with Gasteiger partial charge in [-0.1, -0.05) is 13.8 Å². The molecule has 1 aliphatic carbocycles. The van der Waals surface area contributed by atoms with Crippen LogP contribution < -0.4 is 0 Å². The molecule has 54 valence electrons. The quantitative estimate of drug-likeness (QED) is 0.522. The zero-order valence-electron chi connectivity index (χ0n) is 5.42. The number of halogens is 3. The average Bonchev–Trinajstić information content (AvgIpc) is 2.08. The Hall–Kier alpha value is -0.210. The van der Waals surface area contributed by atoms with E-state index in [9.17, 15) is 13.2 Å². The number of alkyl halides is 3. The van der Waals surface area contributed by atoms with Crippen LogP contribution in [0.15, 0.2) is 0 Å². The van der Waals surface area contributed by atoms with Gasteiger partial charge in [-0.25, -0.2) is 13.2 Å². The third kappa shape index (κ3) is 0.740. The smallest absolute Gasteiger partial charge is 0.237 e. The SMILES string of the molecule is CC1(C)C[C@@]1(F)C(F)F. The number of hydrogen-bond acceptors (Lipinski definition) is 0. The lowest BCUT2D eigenvalue weighted by Gasteiger charge is -2.07. The van der Waals surface area contributed by atoms with Crippen molar-refractivity contribution in [3.63, 3.8) is 0 Å². The fourth-order valence-electron chi connectivity index (χ4n) is 0.971. The zero-order valence-corrected chi connectivity index (χ0v) is 5.42. The van der Waals surface area contributed by atoms with Gasteiger partial charge in [0.2, 0.25) is 0 Å². The summed E-state index contributed by atoms with van der Waals surface area (Å²) in [6.07, 6.45) is -2.81. The van der Waals surface area contributed by atoms with Gasteiger partial charge in [0, 0.05) is 5.41 Å². The van der Waals surface area contributed by atoms with Crippen LogP contribution in [0.25, 0.3) is 0 Å². The number of rotatable bonds is 1. The van der Waals surface area contributed by atoms with Crippen LogP contribution in [0.2, 0.25) is 0 Å². The van der Waals surface area contributed by atoms with Crippen LogP contribution in [0.4, 0.5) is 13.2 Å². The predicted octanol–water partition coefficient (Wildman–Crippen LogP) is 2.39. The van der Waals surface area contributed by atoms with Crippen LogP contribution >= 0.6 is 0 Å². The molecular weight excluding hydrogens is 129 g/mol. The summed E-state index contributed by atoms with van der Waals surface area (Å²) in [6.45, 7) is 3.03. The molecule has 0 bridgehead atoms. The minimum Gasteiger partial charge on any atom is -0.237 e. The van der Waals surface area contributed by atoms with Gasteiger partial charge in [0.25, 0.3) is 6.43 Å². The second-order valence-corrected chi connectivity index (χ2v) is 3.22. The van der Waals surface area contributed by atoms with Gasteiger partial charge in [0.05, 0.1) is 0 Å². The first-order valence-corrected chi connectivity index (χ1v) is 2.87. The monoisotopic (exact) mass is 138 g/mol. The first-order valence-electron chi connectivity index (χ1n) is 2.87. The van der Waals surface area contributed by atoms with E-state index in [4.69, 9.17) is 0 Å². The van der Waals surface area contributed by atoms with Crippen molar-refractivity contribution in [1.82, 2.24) is 0 Å². The minimum absolute atomic E-state index is 0.00231. The van der Waals surface area contributed by atoms with Crippen molar-refractivity contribution in [2.45, 2.75) is 32.4 Å². The summed E-state index contributed by atoms with van der Waals surface area (Å²) < 4.78 is 36.1. The van der Waals surface area contributed by atoms with Crippen molar-refractivity contribution in [3.8, 4) is 0 Å². The maximum absolute atomic E-state index is 12.7. The normalized spacial score (nSPS) is 39.3. The summed E-state index contributed by atoms with van der Waals surface area (Å²) in [5.74, 6) is 0. The van der Waals surface area contributed by atoms with Gasteiger partial charge in [0.15, 0.2) is 5.67 Å². The van der Waals surface area contributed by atoms with Crippen molar-refractivity contribution < 1.29 is 13.2 Å². The van der Waals surface area contributed by atoms with Crippen molar-refractivity contribution in [2.75, 3.05) is 0 Å². The van der Waals surface area contributed by atoms with Crippen molar-refractivity contribution in [1.29, 1.82) is 0 Å². The molecule has 1 atom stereocenters. The molecule has 1 fully saturated rings. The molecular formula is C6H9F3. The lowest BCUT2D eigenvalue weighted by molar-refractivity contribution is 0.0115. The van der Waals surface area contributed by atoms with E-state index in [1.807, 2.05) is 0 Å². The maximum Gasteiger partial charge on any atom is 0.272 e. The predicted molar refractivity (Wildman–Crippen MR) is 28.2 cm³/mol. The molecule has 0 unspecified atom stereocenters. The van der Waals surface area contributed by atoms with Crippen molar-refractivity contribution in [2.24, 2.45) is 5.41 Å². The lowest BCUT2D eigenvalue weighted by atomic mass is 10.1. The zero-order chi connectivity index (χ0) is 7.28. The number of hydrogen-bond donors (Lipinski definition) is 0. The summed E-state index contributed by atoms with van der Waals surface area (Å²) in [6, 6.07) is 0. The Balaban J connectivity index is 2.63. The highest BCUT2D eigenvalue weighted by molar-refractivity contribution is 5.13. The Bertz CT molecular complexity index is 130. The van der Waals surface area contributed by atoms with Gasteiger partial charge in [-0.3, -0.25) is 0 Å². The Labute approximate surface area is 52.1 Å². The largest absolute Gasteiger partial charge is 0.272 e. The second-order valence-electron chi connectivity index (χ2n) is 3.22. The Kier molecular flexibility index (Phi) is 1.10. The second kappa shape index (κ2) is 1.44. The third-order valence-corrected chi connectivity index (χ3v) is 2.05. The molecule has 0 aromatic rings. The summed E-state index contributed by atoms with van der Waals surface area (Å²) >= 11 is 0. The van der Waals surface area contributed by atoms with E-state index in [2.05, 4.69) is 0 Å². The van der Waals surface area contributed by atoms with Gasteiger partial charge in [-0.15, -0.1) is 0 Å². The summed E-state index contributed by atoms with van der Waals surface area (Å²) in [5.41, 5.74) is -2.98. The molecule has 0 N–H and O–H groups in total. The van der Waals surface area contributed by atoms with Crippen LogP contribution in [0, 0.1) is 5.41 Å². The van der Waals surface area contributed by atoms with Crippen LogP contribution in [0.5, 0.6) is 0 Å². The summed E-state index contributed by atoms with van der Waals surface area (Å²) in [4.78, 5) is 0. The summed E-state index contributed by atoms with van der Waals surface area (Å²) in [7, 11) is 0. The van der Waals surface area contributed by atoms with E-state index in [1.165, 1.54) is 13.8 Å². The van der Waals surface area contributed by atoms with E-state index < -0.39 is 17.5 Å². The van der Waals surface area contributed by atoms with Crippen LogP contribution in [-0.2, 0) is 0 Å². The molecule has 0 amide bonds. The molecule has 3 heteroatoms. The first kappa shape index (κ1) is 6.90. The molecule has 1 aliphatic rings. The topological polar surface area (TPSA) is 0 Å². The van der Waals surface area contributed by atoms with Gasteiger partial charge in [-0.05, 0) is 6.42 Å². The molecule has 0 nitrogen and oxygen atoms in total. The molecule has 0 saturated heterocycles. The van der Waals surface area contributed by atoms with E-state index in [0.717, 1.165) is 0 Å². The molecule has 0 aromatic heterocycles. The third-order valence-electron chi connectivity index (χ3n) is 2.05. The molecule has 0 spiro atoms. The van der Waals surface area contributed by atoms with Crippen molar-refractivity contribution >= 4 is 0 Å². The highest BCUT2D eigenvalue weighted by Gasteiger charge is 2.68. The molecule has 0 aliphatic heterocycles. The standard InChI is InChI=1S/C6H9F3/c1-5(2)3-6(5,9)4(7)8/h4H,3H2,1-2H3/t6-/m1/s1. The molecule has 0 aromatic carbocycles. The Morgan fingerprint density at radius 1 is 1.33 bits per heavy atom. The van der Waals surface area contributed by atoms with E-state index >= 15 is 0 Å². The first-order chi connectivity index (χ1) is 3.90. The van der Waals surface area contributed by atoms with Crippen LogP contribution in [0.1, 0.15) is 20.3 Å². The maximum atomic E-state index is 12.7. The van der Waals surface area contributed by atoms with Gasteiger partial charge < -0.3 is 0 Å². The Morgan fingerprint density at radius 3 is 1.67 bits per heavy atom. The average molecular weight is 138 g/mol. The highest BCUT2D eigenvalue weighted by Crippen LogP contribution is 2.61.